The van der Waals surface area contributed by atoms with E-state index in [1.807, 2.05) is 0 Å². The van der Waals surface area contributed by atoms with Crippen LogP contribution in [0.25, 0.3) is 22.1 Å². The molecule has 0 aliphatic heterocycles. The first-order chi connectivity index (χ1) is 15.1. The Morgan fingerprint density at radius 2 is 2.03 bits per heavy atom. The molecule has 31 heavy (non-hydrogen) atoms. The Labute approximate surface area is 178 Å². The van der Waals surface area contributed by atoms with Crippen molar-refractivity contribution in [2.24, 2.45) is 0 Å². The maximum Gasteiger partial charge on any atom is 0.281 e. The van der Waals surface area contributed by atoms with Crippen LogP contribution >= 0.6 is 11.6 Å². The molecule has 4 aromatic heterocycles. The number of hydrogen-bond acceptors (Lipinski definition) is 8. The molecule has 0 spiro atoms. The lowest BCUT2D eigenvalue weighted by Crippen LogP contribution is -2.32. The molecule has 0 saturated carbocycles. The van der Waals surface area contributed by atoms with Crippen molar-refractivity contribution in [3.05, 3.63) is 76.2 Å². The Morgan fingerprint density at radius 3 is 2.87 bits per heavy atom. The van der Waals surface area contributed by atoms with Gasteiger partial charge in [0.2, 0.25) is 0 Å². The molecule has 4 heterocycles. The Bertz CT molecular complexity index is 1470. The minimum atomic E-state index is -0.494. The maximum atomic E-state index is 13.2. The second-order valence-electron chi connectivity index (χ2n) is 6.45. The number of fused-ring (bicyclic) bond motifs is 2. The molecule has 0 aliphatic rings. The molecule has 0 saturated heterocycles. The van der Waals surface area contributed by atoms with Crippen molar-refractivity contribution in [2.75, 3.05) is 10.7 Å². The second kappa shape index (κ2) is 7.61. The van der Waals surface area contributed by atoms with Crippen molar-refractivity contribution in [1.82, 2.24) is 34.6 Å². The minimum Gasteiger partial charge on any atom is -0.361 e. The maximum absolute atomic E-state index is 13.2. The van der Waals surface area contributed by atoms with Crippen LogP contribution in [0.15, 0.2) is 54.0 Å². The van der Waals surface area contributed by atoms with Gasteiger partial charge in [-0.05, 0) is 24.3 Å². The third-order valence-electron chi connectivity index (χ3n) is 4.51. The van der Waals surface area contributed by atoms with Gasteiger partial charge >= 0.3 is 0 Å². The third-order valence-corrected chi connectivity index (χ3v) is 4.82. The molecule has 0 bridgehead atoms. The number of benzene rings is 1. The lowest BCUT2D eigenvalue weighted by molar-refractivity contribution is 0.621. The Kier molecular flexibility index (Phi) is 4.64. The van der Waals surface area contributed by atoms with E-state index in [2.05, 4.69) is 40.6 Å². The summed E-state index contributed by atoms with van der Waals surface area (Å²) in [5, 5.41) is 3.65. The SMILES string of the molecule is O=c1c2c(Cl)cccc2nc(CNc2ncnc3nc[nH]c23)n1Nc1ccc(F)cn1. The third kappa shape index (κ3) is 3.51. The van der Waals surface area contributed by atoms with Crippen LogP contribution in [0.3, 0.4) is 0 Å². The van der Waals surface area contributed by atoms with E-state index in [0.29, 0.717) is 28.3 Å². The smallest absolute Gasteiger partial charge is 0.281 e. The average molecular weight is 438 g/mol. The molecule has 1 aromatic carbocycles. The van der Waals surface area contributed by atoms with Crippen LogP contribution in [-0.4, -0.2) is 34.6 Å². The number of imidazole rings is 1. The number of aromatic nitrogens is 7. The molecule has 0 radical (unpaired) electrons. The standard InChI is InChI=1S/C19H13ClFN9O/c20-11-2-1-3-12-15(11)19(31)30(29-13-5-4-10(21)6-22-13)14(28-12)7-23-17-16-18(25-8-24-16)27-9-26-17/h1-6,8-9H,7H2,(H,22,29)(H2,23,24,25,26,27). The molecule has 0 amide bonds. The second-order valence-corrected chi connectivity index (χ2v) is 6.86. The molecular formula is C19H13ClFN9O. The fourth-order valence-electron chi connectivity index (χ4n) is 3.09. The topological polar surface area (TPSA) is 126 Å². The van der Waals surface area contributed by atoms with Crippen LogP contribution in [0.1, 0.15) is 5.82 Å². The van der Waals surface area contributed by atoms with E-state index in [4.69, 9.17) is 11.6 Å². The molecule has 154 valence electrons. The Balaban J connectivity index is 1.59. The van der Waals surface area contributed by atoms with E-state index in [-0.39, 0.29) is 22.8 Å². The summed E-state index contributed by atoms with van der Waals surface area (Å²) < 4.78 is 14.5. The number of halogens is 2. The van der Waals surface area contributed by atoms with Crippen LogP contribution in [0, 0.1) is 5.82 Å². The van der Waals surface area contributed by atoms with E-state index < -0.39 is 11.4 Å². The number of anilines is 2. The normalized spacial score (nSPS) is 11.2. The molecule has 12 heteroatoms. The highest BCUT2D eigenvalue weighted by Crippen LogP contribution is 2.20. The van der Waals surface area contributed by atoms with Gasteiger partial charge in [-0.3, -0.25) is 10.2 Å². The first-order valence-electron chi connectivity index (χ1n) is 9.07. The number of hydrogen-bond donors (Lipinski definition) is 3. The first kappa shape index (κ1) is 18.9. The van der Waals surface area contributed by atoms with Crippen LogP contribution in [0.2, 0.25) is 5.02 Å². The predicted molar refractivity (Wildman–Crippen MR) is 113 cm³/mol. The van der Waals surface area contributed by atoms with E-state index in [9.17, 15) is 9.18 Å². The first-order valence-corrected chi connectivity index (χ1v) is 9.44. The molecule has 3 N–H and O–H groups in total. The molecule has 0 atom stereocenters. The fraction of sp³-hybridized carbons (Fsp3) is 0.0526. The highest BCUT2D eigenvalue weighted by Gasteiger charge is 2.15. The average Bonchev–Trinajstić information content (AvgIpc) is 3.25. The molecule has 10 nitrogen and oxygen atoms in total. The van der Waals surface area contributed by atoms with Crippen molar-refractivity contribution >= 4 is 45.3 Å². The van der Waals surface area contributed by atoms with Crippen LogP contribution in [0.5, 0.6) is 0 Å². The van der Waals surface area contributed by atoms with E-state index >= 15 is 0 Å². The zero-order valence-electron chi connectivity index (χ0n) is 15.7. The molecule has 0 fully saturated rings. The summed E-state index contributed by atoms with van der Waals surface area (Å²) in [6, 6.07) is 7.67. The summed E-state index contributed by atoms with van der Waals surface area (Å²) in [4.78, 5) is 37.1. The minimum absolute atomic E-state index is 0.122. The predicted octanol–water partition coefficient (Wildman–Crippen LogP) is 2.74. The number of aromatic amines is 1. The zero-order valence-corrected chi connectivity index (χ0v) is 16.4. The summed E-state index contributed by atoms with van der Waals surface area (Å²) >= 11 is 6.25. The summed E-state index contributed by atoms with van der Waals surface area (Å²) in [6.45, 7) is 0.122. The van der Waals surface area contributed by atoms with Gasteiger partial charge in [-0.1, -0.05) is 17.7 Å². The van der Waals surface area contributed by atoms with Gasteiger partial charge in [-0.15, -0.1) is 0 Å². The largest absolute Gasteiger partial charge is 0.361 e. The molecule has 5 rings (SSSR count). The molecule has 0 aliphatic carbocycles. The number of nitrogens with one attached hydrogen (secondary N) is 3. The summed E-state index contributed by atoms with van der Waals surface area (Å²) in [5.74, 6) is 0.592. The van der Waals surface area contributed by atoms with Gasteiger partial charge in [-0.25, -0.2) is 34.0 Å². The molecule has 0 unspecified atom stereocenters. The quantitative estimate of drug-likeness (QED) is 0.383. The van der Waals surface area contributed by atoms with Crippen molar-refractivity contribution < 1.29 is 4.39 Å². The van der Waals surface area contributed by atoms with Crippen molar-refractivity contribution in [3.8, 4) is 0 Å². The Morgan fingerprint density at radius 1 is 1.13 bits per heavy atom. The summed E-state index contributed by atoms with van der Waals surface area (Å²) in [5.41, 5.74) is 4.00. The Hall–Kier alpha value is -4.12. The highest BCUT2D eigenvalue weighted by atomic mass is 35.5. The lowest BCUT2D eigenvalue weighted by atomic mass is 10.2. The van der Waals surface area contributed by atoms with Crippen molar-refractivity contribution in [3.63, 3.8) is 0 Å². The lowest BCUT2D eigenvalue weighted by Gasteiger charge is -2.16. The molecular weight excluding hydrogens is 425 g/mol. The van der Waals surface area contributed by atoms with Crippen LogP contribution in [-0.2, 0) is 6.54 Å². The van der Waals surface area contributed by atoms with Crippen molar-refractivity contribution in [1.29, 1.82) is 0 Å². The van der Waals surface area contributed by atoms with Gasteiger partial charge in [0.1, 0.15) is 23.5 Å². The summed E-state index contributed by atoms with van der Waals surface area (Å²) in [7, 11) is 0. The van der Waals surface area contributed by atoms with E-state index in [0.717, 1.165) is 6.20 Å². The number of H-pyrrole nitrogens is 1. The van der Waals surface area contributed by atoms with Gasteiger partial charge in [0.05, 0.1) is 35.0 Å². The van der Waals surface area contributed by atoms with E-state index in [1.165, 1.54) is 29.5 Å². The van der Waals surface area contributed by atoms with Crippen LogP contribution < -0.4 is 16.3 Å². The van der Waals surface area contributed by atoms with Crippen molar-refractivity contribution in [2.45, 2.75) is 6.54 Å². The van der Waals surface area contributed by atoms with Gasteiger partial charge in [-0.2, -0.15) is 0 Å². The monoisotopic (exact) mass is 437 g/mol. The number of nitrogens with zero attached hydrogens (tertiary/aromatic N) is 6. The van der Waals surface area contributed by atoms with Gasteiger partial charge in [0, 0.05) is 0 Å². The van der Waals surface area contributed by atoms with Gasteiger partial charge in [0.25, 0.3) is 5.56 Å². The van der Waals surface area contributed by atoms with Gasteiger partial charge in [0.15, 0.2) is 17.3 Å². The zero-order chi connectivity index (χ0) is 21.4. The van der Waals surface area contributed by atoms with E-state index in [1.54, 1.807) is 18.2 Å². The molecule has 5 aromatic rings. The summed E-state index contributed by atoms with van der Waals surface area (Å²) in [6.07, 6.45) is 3.94. The number of pyridine rings is 1. The fourth-order valence-corrected chi connectivity index (χ4v) is 3.34. The van der Waals surface area contributed by atoms with Crippen LogP contribution in [0.4, 0.5) is 16.0 Å². The number of rotatable bonds is 5. The van der Waals surface area contributed by atoms with Gasteiger partial charge < -0.3 is 10.3 Å². The highest BCUT2D eigenvalue weighted by molar-refractivity contribution is 6.35.